The van der Waals surface area contributed by atoms with E-state index in [1.807, 2.05) is 6.92 Å². The normalized spacial score (nSPS) is 16.9. The standard InChI is InChI=1S/C21H26N4O5S2/c1-2-3-7-18(24-20-17-6-4-5-8-19(17)32(29,30)25-20)21(26)23-14-13-15-9-11-16(12-10-15)31(22,27)28/h4-6,8-12,18H,2-3,7,13-14H2,1H3,(H,23,26)(H,24,25)(H2,22,27,28). The number of primary sulfonamides is 1. The summed E-state index contributed by atoms with van der Waals surface area (Å²) in [6, 6.07) is 11.9. The Hall–Kier alpha value is -2.76. The number of hydrogen-bond acceptors (Lipinski definition) is 6. The lowest BCUT2D eigenvalue weighted by atomic mass is 10.1. The fourth-order valence-electron chi connectivity index (χ4n) is 3.33. The largest absolute Gasteiger partial charge is 0.354 e. The van der Waals surface area contributed by atoms with Gasteiger partial charge >= 0.3 is 0 Å². The van der Waals surface area contributed by atoms with Gasteiger partial charge in [-0.3, -0.25) is 14.5 Å². The van der Waals surface area contributed by atoms with Crippen LogP contribution in [0.1, 0.15) is 37.3 Å². The third kappa shape index (κ3) is 5.72. The molecule has 1 heterocycles. The zero-order valence-corrected chi connectivity index (χ0v) is 19.2. The Morgan fingerprint density at radius 2 is 1.84 bits per heavy atom. The van der Waals surface area contributed by atoms with Crippen LogP contribution in [0.5, 0.6) is 0 Å². The average molecular weight is 479 g/mol. The number of aliphatic imine (C=N–C) groups is 1. The molecule has 32 heavy (non-hydrogen) atoms. The Morgan fingerprint density at radius 3 is 2.50 bits per heavy atom. The van der Waals surface area contributed by atoms with Gasteiger partial charge in [0.25, 0.3) is 10.0 Å². The van der Waals surface area contributed by atoms with E-state index in [0.717, 1.165) is 18.4 Å². The lowest BCUT2D eigenvalue weighted by Gasteiger charge is -2.14. The maximum atomic E-state index is 12.8. The molecule has 1 amide bonds. The van der Waals surface area contributed by atoms with Crippen molar-refractivity contribution in [3.05, 3.63) is 59.7 Å². The Balaban J connectivity index is 1.69. The molecule has 2 aromatic rings. The molecule has 4 N–H and O–H groups in total. The molecule has 9 nitrogen and oxygen atoms in total. The topological polar surface area (TPSA) is 148 Å². The van der Waals surface area contributed by atoms with Crippen LogP contribution in [0.25, 0.3) is 0 Å². The van der Waals surface area contributed by atoms with Crippen LogP contribution >= 0.6 is 0 Å². The first kappa shape index (κ1) is 23.9. The molecule has 0 saturated heterocycles. The minimum Gasteiger partial charge on any atom is -0.354 e. The highest BCUT2D eigenvalue weighted by Gasteiger charge is 2.31. The SMILES string of the molecule is CCCCC(N=C1NS(=O)(=O)c2ccccc21)C(=O)NCCc1ccc(S(N)(=O)=O)cc1. The molecular weight excluding hydrogens is 452 g/mol. The van der Waals surface area contributed by atoms with Crippen LogP contribution in [-0.2, 0) is 31.3 Å². The van der Waals surface area contributed by atoms with E-state index in [4.69, 9.17) is 5.14 Å². The van der Waals surface area contributed by atoms with E-state index in [1.165, 1.54) is 18.2 Å². The summed E-state index contributed by atoms with van der Waals surface area (Å²) in [6.07, 6.45) is 2.60. The zero-order valence-electron chi connectivity index (χ0n) is 17.6. The predicted molar refractivity (Wildman–Crippen MR) is 121 cm³/mol. The number of nitrogens with one attached hydrogen (secondary N) is 2. The summed E-state index contributed by atoms with van der Waals surface area (Å²) in [5.41, 5.74) is 1.29. The van der Waals surface area contributed by atoms with Crippen LogP contribution in [0.2, 0.25) is 0 Å². The van der Waals surface area contributed by atoms with E-state index in [0.29, 0.717) is 24.9 Å². The summed E-state index contributed by atoms with van der Waals surface area (Å²) < 4.78 is 49.7. The molecule has 1 unspecified atom stereocenters. The number of rotatable bonds is 9. The summed E-state index contributed by atoms with van der Waals surface area (Å²) in [5.74, 6) is -0.119. The highest BCUT2D eigenvalue weighted by atomic mass is 32.2. The smallest absolute Gasteiger partial charge is 0.263 e. The molecule has 172 valence electrons. The number of nitrogens with two attached hydrogens (primary N) is 1. The van der Waals surface area contributed by atoms with Gasteiger partial charge in [0, 0.05) is 12.1 Å². The van der Waals surface area contributed by atoms with Gasteiger partial charge in [0.2, 0.25) is 15.9 Å². The second kappa shape index (κ2) is 9.80. The van der Waals surface area contributed by atoms with Crippen molar-refractivity contribution in [2.45, 2.75) is 48.4 Å². The Kier molecular flexibility index (Phi) is 7.32. The molecule has 0 spiro atoms. The van der Waals surface area contributed by atoms with Crippen molar-refractivity contribution in [2.75, 3.05) is 6.54 Å². The lowest BCUT2D eigenvalue weighted by Crippen LogP contribution is -2.36. The van der Waals surface area contributed by atoms with Gasteiger partial charge in [-0.2, -0.15) is 0 Å². The van der Waals surface area contributed by atoms with E-state index in [1.54, 1.807) is 30.3 Å². The second-order valence-electron chi connectivity index (χ2n) is 7.47. The first-order valence-corrected chi connectivity index (χ1v) is 13.2. The quantitative estimate of drug-likeness (QED) is 0.497. The van der Waals surface area contributed by atoms with Crippen molar-refractivity contribution in [1.82, 2.24) is 10.0 Å². The number of unbranched alkanes of at least 4 members (excludes halogenated alkanes) is 1. The lowest BCUT2D eigenvalue weighted by molar-refractivity contribution is -0.122. The number of benzene rings is 2. The minimum absolute atomic E-state index is 0.0278. The van der Waals surface area contributed by atoms with Gasteiger partial charge in [-0.15, -0.1) is 0 Å². The minimum atomic E-state index is -3.75. The monoisotopic (exact) mass is 478 g/mol. The number of hydrogen-bond donors (Lipinski definition) is 3. The third-order valence-electron chi connectivity index (χ3n) is 5.05. The van der Waals surface area contributed by atoms with E-state index in [9.17, 15) is 21.6 Å². The van der Waals surface area contributed by atoms with Gasteiger partial charge in [0.1, 0.15) is 11.9 Å². The van der Waals surface area contributed by atoms with Gasteiger partial charge in [0.15, 0.2) is 0 Å². The summed E-state index contributed by atoms with van der Waals surface area (Å²) in [5, 5.41) is 7.93. The number of carbonyl (C=O) groups is 1. The van der Waals surface area contributed by atoms with Crippen molar-refractivity contribution >= 4 is 31.8 Å². The number of nitrogens with zero attached hydrogens (tertiary/aromatic N) is 1. The van der Waals surface area contributed by atoms with Gasteiger partial charge in [-0.25, -0.2) is 22.0 Å². The van der Waals surface area contributed by atoms with E-state index in [-0.39, 0.29) is 21.5 Å². The second-order valence-corrected chi connectivity index (χ2v) is 10.7. The van der Waals surface area contributed by atoms with Crippen LogP contribution in [-0.4, -0.2) is 41.2 Å². The van der Waals surface area contributed by atoms with Gasteiger partial charge in [0.05, 0.1) is 9.79 Å². The van der Waals surface area contributed by atoms with Crippen LogP contribution in [0, 0.1) is 0 Å². The molecule has 0 aromatic heterocycles. The predicted octanol–water partition coefficient (Wildman–Crippen LogP) is 1.29. The summed E-state index contributed by atoms with van der Waals surface area (Å²) in [6.45, 7) is 2.32. The first-order chi connectivity index (χ1) is 15.1. The van der Waals surface area contributed by atoms with Crippen LogP contribution in [0.15, 0.2) is 63.3 Å². The zero-order chi connectivity index (χ0) is 23.4. The van der Waals surface area contributed by atoms with Crippen molar-refractivity contribution in [2.24, 2.45) is 10.1 Å². The van der Waals surface area contributed by atoms with Gasteiger partial charge < -0.3 is 5.32 Å². The maximum absolute atomic E-state index is 12.8. The molecule has 0 saturated carbocycles. The molecule has 0 radical (unpaired) electrons. The van der Waals surface area contributed by atoms with Crippen LogP contribution in [0.4, 0.5) is 0 Å². The maximum Gasteiger partial charge on any atom is 0.263 e. The molecule has 0 bridgehead atoms. The first-order valence-electron chi connectivity index (χ1n) is 10.2. The average Bonchev–Trinajstić information content (AvgIpc) is 3.01. The molecular formula is C21H26N4O5S2. The van der Waals surface area contributed by atoms with E-state index in [2.05, 4.69) is 15.0 Å². The molecule has 1 aliphatic heterocycles. The van der Waals surface area contributed by atoms with Crippen LogP contribution in [0.3, 0.4) is 0 Å². The summed E-state index contributed by atoms with van der Waals surface area (Å²) in [7, 11) is -7.43. The van der Waals surface area contributed by atoms with Crippen molar-refractivity contribution < 1.29 is 21.6 Å². The number of amides is 1. The molecule has 3 rings (SSSR count). The highest BCUT2D eigenvalue weighted by molar-refractivity contribution is 7.90. The molecule has 2 aromatic carbocycles. The number of sulfonamides is 2. The molecule has 1 atom stereocenters. The van der Waals surface area contributed by atoms with Crippen LogP contribution < -0.4 is 15.2 Å². The highest BCUT2D eigenvalue weighted by Crippen LogP contribution is 2.23. The van der Waals surface area contributed by atoms with Crippen molar-refractivity contribution in [3.63, 3.8) is 0 Å². The van der Waals surface area contributed by atoms with E-state index >= 15 is 0 Å². The fraction of sp³-hybridized carbons (Fsp3) is 0.333. The van der Waals surface area contributed by atoms with Gasteiger partial charge in [-0.1, -0.05) is 44.0 Å². The number of carbonyl (C=O) groups excluding carboxylic acids is 1. The number of amidine groups is 1. The van der Waals surface area contributed by atoms with Gasteiger partial charge in [-0.05, 0) is 42.7 Å². The molecule has 11 heteroatoms. The molecule has 0 fully saturated rings. The van der Waals surface area contributed by atoms with Crippen molar-refractivity contribution in [3.8, 4) is 0 Å². The Bertz CT molecular complexity index is 1220. The third-order valence-corrected chi connectivity index (χ3v) is 7.37. The summed E-state index contributed by atoms with van der Waals surface area (Å²) in [4.78, 5) is 17.4. The Morgan fingerprint density at radius 1 is 1.16 bits per heavy atom. The fourth-order valence-corrected chi connectivity index (χ4v) is 5.09. The number of fused-ring (bicyclic) bond motifs is 1. The summed E-state index contributed by atoms with van der Waals surface area (Å²) >= 11 is 0. The Labute approximate surface area is 188 Å². The molecule has 0 aliphatic carbocycles. The van der Waals surface area contributed by atoms with Crippen molar-refractivity contribution in [1.29, 1.82) is 0 Å². The molecule has 1 aliphatic rings. The van der Waals surface area contributed by atoms with E-state index < -0.39 is 26.1 Å².